The molecule has 1 saturated heterocycles. The Morgan fingerprint density at radius 3 is 2.96 bits per heavy atom. The van der Waals surface area contributed by atoms with Crippen molar-refractivity contribution >= 4 is 23.0 Å². The lowest BCUT2D eigenvalue weighted by atomic mass is 9.86. The average Bonchev–Trinajstić information content (AvgIpc) is 3.23. The van der Waals surface area contributed by atoms with Gasteiger partial charge >= 0.3 is 0 Å². The molecule has 136 valence electrons. The third-order valence-electron chi connectivity index (χ3n) is 4.99. The number of hydrogen-bond donors (Lipinski definition) is 0. The summed E-state index contributed by atoms with van der Waals surface area (Å²) in [6, 6.07) is 6.03. The van der Waals surface area contributed by atoms with Crippen molar-refractivity contribution in [2.45, 2.75) is 38.3 Å². The summed E-state index contributed by atoms with van der Waals surface area (Å²) in [4.78, 5) is 21.3. The molecule has 26 heavy (non-hydrogen) atoms. The zero-order valence-corrected chi connectivity index (χ0v) is 15.1. The van der Waals surface area contributed by atoms with Crippen molar-refractivity contribution in [3.63, 3.8) is 0 Å². The van der Waals surface area contributed by atoms with Gasteiger partial charge in [-0.2, -0.15) is 0 Å². The first-order chi connectivity index (χ1) is 12.5. The zero-order valence-electron chi connectivity index (χ0n) is 14.3. The van der Waals surface area contributed by atoms with Gasteiger partial charge in [-0.1, -0.05) is 17.3 Å². The van der Waals surface area contributed by atoms with Crippen LogP contribution in [0.25, 0.3) is 0 Å². The van der Waals surface area contributed by atoms with Gasteiger partial charge in [0.05, 0.1) is 4.88 Å². The third kappa shape index (κ3) is 2.80. The number of aryl methyl sites for hydroxylation is 1. The maximum atomic E-state index is 14.0. The lowest BCUT2D eigenvalue weighted by Crippen LogP contribution is -2.53. The Balaban J connectivity index is 1.54. The van der Waals surface area contributed by atoms with Crippen LogP contribution in [0.4, 0.5) is 8.78 Å². The SMILES string of the molecule is Cc1ccsc1C1=NO[C@]2(CCCN(Cc3cccc(F)c3F)C2=O)C1. The maximum Gasteiger partial charge on any atom is 0.270 e. The fourth-order valence-electron chi connectivity index (χ4n) is 3.60. The Morgan fingerprint density at radius 1 is 1.35 bits per heavy atom. The lowest BCUT2D eigenvalue weighted by molar-refractivity contribution is -0.162. The number of nitrogens with zero attached hydrogens (tertiary/aromatic N) is 2. The van der Waals surface area contributed by atoms with Gasteiger partial charge in [0.25, 0.3) is 5.91 Å². The van der Waals surface area contributed by atoms with Crippen LogP contribution < -0.4 is 0 Å². The van der Waals surface area contributed by atoms with E-state index < -0.39 is 17.2 Å². The van der Waals surface area contributed by atoms with Crippen molar-refractivity contribution < 1.29 is 18.4 Å². The van der Waals surface area contributed by atoms with Crippen LogP contribution in [0.1, 0.15) is 35.3 Å². The molecule has 1 spiro atoms. The third-order valence-corrected chi connectivity index (χ3v) is 6.05. The van der Waals surface area contributed by atoms with Crippen molar-refractivity contribution in [3.05, 3.63) is 57.3 Å². The Kier molecular flexibility index (Phi) is 4.26. The van der Waals surface area contributed by atoms with Crippen LogP contribution in [0, 0.1) is 18.6 Å². The predicted molar refractivity (Wildman–Crippen MR) is 95.0 cm³/mol. The van der Waals surface area contributed by atoms with Crippen molar-refractivity contribution in [2.75, 3.05) is 6.54 Å². The molecule has 0 radical (unpaired) electrons. The molecule has 0 N–H and O–H groups in total. The predicted octanol–water partition coefficient (Wildman–Crippen LogP) is 4.02. The number of piperidine rings is 1. The van der Waals surface area contributed by atoms with Gasteiger partial charge in [-0.05, 0) is 36.4 Å². The van der Waals surface area contributed by atoms with Gasteiger partial charge in [-0.15, -0.1) is 11.3 Å². The number of halogens is 2. The van der Waals surface area contributed by atoms with Gasteiger partial charge < -0.3 is 9.74 Å². The van der Waals surface area contributed by atoms with Crippen LogP contribution in [0.5, 0.6) is 0 Å². The van der Waals surface area contributed by atoms with Crippen molar-refractivity contribution in [1.29, 1.82) is 0 Å². The fraction of sp³-hybridized carbons (Fsp3) is 0.368. The van der Waals surface area contributed by atoms with Gasteiger partial charge in [-0.25, -0.2) is 8.78 Å². The first-order valence-corrected chi connectivity index (χ1v) is 9.40. The van der Waals surface area contributed by atoms with E-state index >= 15 is 0 Å². The zero-order chi connectivity index (χ0) is 18.3. The van der Waals surface area contributed by atoms with Crippen LogP contribution in [0.3, 0.4) is 0 Å². The van der Waals surface area contributed by atoms with Gasteiger partial charge in [0, 0.05) is 31.5 Å². The topological polar surface area (TPSA) is 41.9 Å². The van der Waals surface area contributed by atoms with E-state index in [-0.39, 0.29) is 18.0 Å². The molecule has 0 saturated carbocycles. The molecule has 3 heterocycles. The number of hydrogen-bond acceptors (Lipinski definition) is 4. The molecule has 7 heteroatoms. The first-order valence-electron chi connectivity index (χ1n) is 8.52. The standard InChI is InChI=1S/C19H18F2N2O2S/c1-12-6-9-26-17(12)15-10-19(25-22-15)7-3-8-23(18(19)24)11-13-4-2-5-14(20)16(13)21/h2,4-6,9H,3,7-8,10-11H2,1H3/t19-/m1/s1. The van der Waals surface area contributed by atoms with E-state index in [0.717, 1.165) is 28.6 Å². The van der Waals surface area contributed by atoms with E-state index in [1.807, 2.05) is 18.4 Å². The number of thiophene rings is 1. The molecule has 2 aliphatic heterocycles. The second-order valence-corrected chi connectivity index (χ2v) is 7.69. The molecule has 2 aromatic rings. The molecule has 0 aliphatic carbocycles. The Hall–Kier alpha value is -2.28. The minimum Gasteiger partial charge on any atom is -0.378 e. The summed E-state index contributed by atoms with van der Waals surface area (Å²) in [5.41, 5.74) is 1.04. The molecule has 1 atom stereocenters. The Labute approximate surface area is 154 Å². The number of rotatable bonds is 3. The van der Waals surface area contributed by atoms with Crippen LogP contribution in [-0.4, -0.2) is 28.7 Å². The lowest BCUT2D eigenvalue weighted by Gasteiger charge is -2.37. The van der Waals surface area contributed by atoms with E-state index in [1.165, 1.54) is 12.1 Å². The highest BCUT2D eigenvalue weighted by molar-refractivity contribution is 7.12. The van der Waals surface area contributed by atoms with E-state index in [4.69, 9.17) is 4.84 Å². The highest BCUT2D eigenvalue weighted by Gasteiger charge is 2.51. The maximum absolute atomic E-state index is 14.0. The quantitative estimate of drug-likeness (QED) is 0.812. The summed E-state index contributed by atoms with van der Waals surface area (Å²) in [6.07, 6.45) is 1.72. The number of oxime groups is 1. The Bertz CT molecular complexity index is 895. The molecule has 4 rings (SSSR count). The van der Waals surface area contributed by atoms with E-state index in [2.05, 4.69) is 5.16 Å². The van der Waals surface area contributed by atoms with Crippen LogP contribution in [0.2, 0.25) is 0 Å². The molecule has 0 bridgehead atoms. The van der Waals surface area contributed by atoms with Crippen molar-refractivity contribution in [2.24, 2.45) is 5.16 Å². The smallest absolute Gasteiger partial charge is 0.270 e. The molecule has 2 aliphatic rings. The molecule has 0 unspecified atom stereocenters. The van der Waals surface area contributed by atoms with Gasteiger partial charge in [-0.3, -0.25) is 4.79 Å². The van der Waals surface area contributed by atoms with E-state index in [0.29, 0.717) is 19.4 Å². The molecule has 1 aromatic heterocycles. The molecular weight excluding hydrogens is 358 g/mol. The summed E-state index contributed by atoms with van der Waals surface area (Å²) in [5.74, 6) is -2.02. The fourth-order valence-corrected chi connectivity index (χ4v) is 4.50. The number of carbonyl (C=O) groups excluding carboxylic acids is 1. The minimum absolute atomic E-state index is 0.0287. The highest BCUT2D eigenvalue weighted by atomic mass is 32.1. The van der Waals surface area contributed by atoms with Crippen molar-refractivity contribution in [1.82, 2.24) is 4.90 Å². The largest absolute Gasteiger partial charge is 0.378 e. The van der Waals surface area contributed by atoms with E-state index in [1.54, 1.807) is 16.2 Å². The minimum atomic E-state index is -1.02. The molecular formula is C19H18F2N2O2S. The molecule has 1 amide bonds. The molecule has 1 fully saturated rings. The molecule has 1 aromatic carbocycles. The van der Waals surface area contributed by atoms with Gasteiger partial charge in [0.1, 0.15) is 5.71 Å². The highest BCUT2D eigenvalue weighted by Crippen LogP contribution is 2.38. The summed E-state index contributed by atoms with van der Waals surface area (Å²) < 4.78 is 27.4. The van der Waals surface area contributed by atoms with Gasteiger partial charge in [0.2, 0.25) is 5.60 Å². The van der Waals surface area contributed by atoms with E-state index in [9.17, 15) is 13.6 Å². The average molecular weight is 376 g/mol. The summed E-state index contributed by atoms with van der Waals surface area (Å²) in [5, 5.41) is 6.17. The summed E-state index contributed by atoms with van der Waals surface area (Å²) in [7, 11) is 0. The normalized spacial score (nSPS) is 22.7. The number of benzene rings is 1. The summed E-state index contributed by atoms with van der Waals surface area (Å²) >= 11 is 1.58. The summed E-state index contributed by atoms with van der Waals surface area (Å²) in [6.45, 7) is 2.52. The van der Waals surface area contributed by atoms with Crippen LogP contribution in [0.15, 0.2) is 34.8 Å². The second-order valence-electron chi connectivity index (χ2n) is 6.78. The van der Waals surface area contributed by atoms with Gasteiger partial charge in [0.15, 0.2) is 11.6 Å². The Morgan fingerprint density at radius 2 is 2.19 bits per heavy atom. The monoisotopic (exact) mass is 376 g/mol. The van der Waals surface area contributed by atoms with Crippen LogP contribution in [-0.2, 0) is 16.2 Å². The van der Waals surface area contributed by atoms with Crippen molar-refractivity contribution in [3.8, 4) is 0 Å². The number of amides is 1. The number of carbonyl (C=O) groups is 1. The first kappa shape index (κ1) is 17.1. The number of likely N-dealkylation sites (tertiary alicyclic amines) is 1. The van der Waals surface area contributed by atoms with Crippen LogP contribution >= 0.6 is 11.3 Å². The molecule has 4 nitrogen and oxygen atoms in total. The second kappa shape index (κ2) is 6.46.